The third-order valence-electron chi connectivity index (χ3n) is 22.3. The molecule has 73 heteroatoms. The summed E-state index contributed by atoms with van der Waals surface area (Å²) in [5, 5.41) is 67.6. The number of hydrogen-bond donors (Lipinski definition) is 18. The lowest BCUT2D eigenvalue weighted by Crippen LogP contribution is -2.40. The average molecular weight is 2130 g/mol. The Morgan fingerprint density at radius 2 is 0.654 bits per heavy atom. The lowest BCUT2D eigenvalue weighted by atomic mass is 10.1. The minimum Gasteiger partial charge on any atom is -0.780 e. The van der Waals surface area contributed by atoms with Crippen molar-refractivity contribution >= 4 is 202 Å². The van der Waals surface area contributed by atoms with Crippen molar-refractivity contribution in [1.29, 1.82) is 0 Å². The van der Waals surface area contributed by atoms with Crippen molar-refractivity contribution < 1.29 is 142 Å². The Balaban J connectivity index is 0.000000131. The molecule has 12 aromatic rings. The summed E-state index contributed by atoms with van der Waals surface area (Å²) in [6.45, 7) is -25.9. The molecule has 12 unspecified atom stereocenters. The lowest BCUT2D eigenvalue weighted by Gasteiger charge is -2.35. The molecule has 732 valence electrons. The Labute approximate surface area is 785 Å². The maximum atomic E-state index is 13.4. The molecule has 61 nitrogen and oxygen atoms in total. The summed E-state index contributed by atoms with van der Waals surface area (Å²) in [5.41, 5.74) is 22.3. The van der Waals surface area contributed by atoms with Gasteiger partial charge in [0, 0.05) is 6.20 Å². The van der Waals surface area contributed by atoms with Crippen molar-refractivity contribution in [1.82, 2.24) is 112 Å². The molecule has 21 heterocycles. The zero-order valence-electron chi connectivity index (χ0n) is 68.5. The number of fused-ring (bicyclic) bond motifs is 12. The first kappa shape index (κ1) is 97.3. The molecule has 21 N–H and O–H groups in total. The Hall–Kier alpha value is -7.56. The maximum absolute atomic E-state index is 13.4. The van der Waals surface area contributed by atoms with Crippen molar-refractivity contribution in [3.05, 3.63) is 110 Å². The number of pyridine rings is 1. The number of rotatable bonds is 6. The van der Waals surface area contributed by atoms with E-state index in [1.807, 2.05) is 0 Å². The highest BCUT2D eigenvalue weighted by atomic mass is 32.7. The summed E-state index contributed by atoms with van der Waals surface area (Å²) >= 11 is 30.0. The van der Waals surface area contributed by atoms with Crippen LogP contribution in [0, 0.1) is 13.8 Å². The van der Waals surface area contributed by atoms with E-state index in [2.05, 4.69) is 97.0 Å². The first-order valence-corrected chi connectivity index (χ1v) is 55.2. The number of imidazole rings is 6. The number of ether oxygens (including phenoxy) is 6. The number of aromatic nitrogens is 23. The van der Waals surface area contributed by atoms with Gasteiger partial charge >= 0.3 is 27.0 Å². The number of H-pyrrole nitrogens is 4. The Morgan fingerprint density at radius 3 is 1.01 bits per heavy atom. The number of nitrogen functional groups attached to an aromatic ring is 4. The maximum Gasteiger partial charge on any atom is 0.386 e. The molecule has 0 radical (unpaired) electrons. The number of aromatic amines is 4. The molecule has 9 aliphatic rings. The van der Waals surface area contributed by atoms with E-state index < -0.39 is 250 Å². The normalized spacial score (nSPS) is 37.5. The van der Waals surface area contributed by atoms with Crippen LogP contribution in [-0.4, -0.2) is 307 Å². The van der Waals surface area contributed by atoms with E-state index in [1.54, 1.807) is 19.9 Å². The van der Waals surface area contributed by atoms with Crippen LogP contribution in [0.5, 0.6) is 0 Å². The third-order valence-corrected chi connectivity index (χ3v) is 31.7. The summed E-state index contributed by atoms with van der Waals surface area (Å²) in [5.74, 6) is 0.210. The summed E-state index contributed by atoms with van der Waals surface area (Å²) < 4.78 is 124. The molecule has 0 saturated carbocycles. The van der Waals surface area contributed by atoms with Gasteiger partial charge in [-0.1, -0.05) is 35.9 Å². The van der Waals surface area contributed by atoms with Gasteiger partial charge in [-0.2, -0.15) is 9.97 Å². The van der Waals surface area contributed by atoms with Crippen LogP contribution < -0.4 is 55.0 Å². The molecule has 0 aliphatic carbocycles. The number of aliphatic hydroxyl groups excluding tert-OH is 6. The lowest BCUT2D eigenvalue weighted by molar-refractivity contribution is -0.219. The van der Waals surface area contributed by atoms with Gasteiger partial charge in [0.2, 0.25) is 11.9 Å². The molecule has 9 fully saturated rings. The first-order valence-electron chi connectivity index (χ1n) is 39.6. The van der Waals surface area contributed by atoms with Crippen LogP contribution >= 0.6 is 52.6 Å². The number of thiol groups is 1. The topological polar surface area (TPSA) is 844 Å². The summed E-state index contributed by atoms with van der Waals surface area (Å²) in [4.78, 5) is 172. The van der Waals surface area contributed by atoms with Crippen LogP contribution in [-0.2, 0) is 146 Å². The second kappa shape index (κ2) is 37.1. The van der Waals surface area contributed by atoms with Crippen LogP contribution in [0.1, 0.15) is 49.0 Å². The van der Waals surface area contributed by atoms with Gasteiger partial charge in [-0.25, -0.2) is 59.4 Å². The van der Waals surface area contributed by atoms with Gasteiger partial charge in [0.15, 0.2) is 99.1 Å². The highest BCUT2D eigenvalue weighted by molar-refractivity contribution is 8.44. The standard InChI is InChI=1S/2C21H25N9O12P2S2.C21H25N9O10P2S2/c2*1-6-25-15-9(17(33)26-6)23-4-29(15)19-11(31)13-7(39-19)2-37-44(36,46)42-14-8(3-38-43(35,45)41-13)40-20(12(14)32)30-5-24-10-16(30)27-21(22)28-18(10)34;22-8-1-2-24-18-11(8)27-6-29(18)20-13(31)15-9(37-20)3-35-42(34,44)40-16-10(4-36-41(33,43)39-15)38-21(14(16)32)30-7-28-12-17(23)25-5-26-19(12)30/h2*4-5,7-8,11-14,19-20,31-32H,2-3H2,1H3,(H,35,45)(H,36,46)(H,25,26,33)(H3,22,27,28,34);1-2,5-7,9-10,13-16,20-21,31-32H,3-4H2,(H2,22,24)(H,33,43)(H,34,44)(H2,23,25,26)/p-2/t2*7-,8-,11?,12?,13+,14+,19-,20-,43?,44?;9-,10-,13?,14?,15+,16+,20-,21-,41?,42?/m111/s1. The van der Waals surface area contributed by atoms with E-state index in [1.165, 1.54) is 77.9 Å². The fourth-order valence-corrected chi connectivity index (χ4v) is 25.0. The molecule has 0 spiro atoms. The molecule has 0 amide bonds. The predicted molar refractivity (Wildman–Crippen MR) is 472 cm³/mol. The second-order valence-electron chi connectivity index (χ2n) is 31.1. The molecule has 136 heavy (non-hydrogen) atoms. The van der Waals surface area contributed by atoms with Crippen LogP contribution in [0.25, 0.3) is 67.0 Å². The summed E-state index contributed by atoms with van der Waals surface area (Å²) in [7, 11) is 0. The van der Waals surface area contributed by atoms with Crippen molar-refractivity contribution in [2.75, 3.05) is 62.6 Å². The van der Waals surface area contributed by atoms with Crippen LogP contribution in [0.3, 0.4) is 0 Å². The minimum atomic E-state index is -4.44. The number of anilines is 4. The summed E-state index contributed by atoms with van der Waals surface area (Å²) in [6, 6.07) is 1.56. The molecular formula is C63H73N27O34P6S6-2. The van der Waals surface area contributed by atoms with Crippen molar-refractivity contribution in [2.24, 2.45) is 0 Å². The van der Waals surface area contributed by atoms with Gasteiger partial charge in [0.05, 0.1) is 83.3 Å². The quantitative estimate of drug-likeness (QED) is 0.0546. The molecular weight excluding hydrogens is 2060 g/mol. The smallest absolute Gasteiger partial charge is 0.386 e. The number of nitrogens with one attached hydrogen (secondary N) is 4. The van der Waals surface area contributed by atoms with E-state index in [4.69, 9.17) is 165 Å². The molecule has 12 aromatic heterocycles. The van der Waals surface area contributed by atoms with Crippen LogP contribution in [0.15, 0.2) is 75.7 Å². The number of aryl methyl sites for hydroxylation is 2. The fourth-order valence-electron chi connectivity index (χ4n) is 16.3. The van der Waals surface area contributed by atoms with Crippen LogP contribution in [0.4, 0.5) is 23.4 Å². The average Bonchev–Trinajstić information content (AvgIpc) is 1.62. The number of nitrogens with zero attached hydrogens (tertiary/aromatic N) is 19. The van der Waals surface area contributed by atoms with Crippen molar-refractivity contribution in [2.45, 2.75) is 161 Å². The Bertz CT molecular complexity index is 6560. The summed E-state index contributed by atoms with van der Waals surface area (Å²) in [6.07, 6.45) is -22.7. The molecule has 0 aromatic carbocycles. The zero-order valence-corrected chi connectivity index (χ0v) is 78.8. The largest absolute Gasteiger partial charge is 0.780 e. The SMILES string of the molecule is Cc1nc2c(ncn2[C@@H]2O[C@@H]3COP(O)(=S)O[C@@H]4C(O)[C@H](n5cnc6c(=O)[nH]c(N)nc65)O[C@@H]4COP(=O)(S)O[C@@H]3C2O)c(=O)[nH]1.Cc1nc2c(ncn2[C@@H]2O[C@@H]3COP(O)(=S)O[C@@H]4C(O)[C@H](n5cnc6c(=O)[nH]c(N)nc65)O[C@@H]4COP([O-])(=S)O[C@@H]3C2O)c(=O)[nH]1.Nc1ccnc2c1ncn2[C@@H]1O[C@@H]2COP(O)(=S)O[C@@H]3C(O)[C@H](n4cnc5c(N)ncnc54)O[C@@H]3COP([O-])(=S)O[C@@H]2C1O. The molecule has 9 aliphatic heterocycles. The number of aliphatic hydroxyl groups is 6. The monoisotopic (exact) mass is 2130 g/mol. The predicted octanol–water partition coefficient (Wildman–Crippen LogP) is -5.42. The van der Waals surface area contributed by atoms with E-state index >= 15 is 0 Å². The number of hydrogen-bond acceptors (Lipinski definition) is 53. The Kier molecular flexibility index (Phi) is 26.5. The molecule has 21 rings (SSSR count). The molecule has 30 atom stereocenters. The molecule has 9 saturated heterocycles. The fraction of sp³-hybridized carbons (Fsp3) is 0.508. The van der Waals surface area contributed by atoms with Crippen LogP contribution in [0.2, 0.25) is 0 Å². The van der Waals surface area contributed by atoms with Gasteiger partial charge in [0.25, 0.3) is 22.2 Å². The third kappa shape index (κ3) is 18.9. The molecule has 0 bridgehead atoms. The zero-order chi connectivity index (χ0) is 96.4. The number of nitrogens with two attached hydrogens (primary N) is 4. The highest BCUT2D eigenvalue weighted by Gasteiger charge is 2.58. The van der Waals surface area contributed by atoms with Gasteiger partial charge in [-0.15, -0.1) is 0 Å². The van der Waals surface area contributed by atoms with E-state index in [-0.39, 0.29) is 85.2 Å². The first-order chi connectivity index (χ1) is 64.3. The minimum absolute atomic E-state index is 0.0231. The van der Waals surface area contributed by atoms with E-state index in [0.29, 0.717) is 16.9 Å². The Morgan fingerprint density at radius 1 is 0.375 bits per heavy atom. The highest BCUT2D eigenvalue weighted by Crippen LogP contribution is 2.60. The van der Waals surface area contributed by atoms with Gasteiger partial charge in [-0.05, 0) is 55.3 Å². The van der Waals surface area contributed by atoms with Crippen molar-refractivity contribution in [3.8, 4) is 0 Å². The van der Waals surface area contributed by atoms with Gasteiger partial charge < -0.3 is 148 Å². The van der Waals surface area contributed by atoms with Crippen molar-refractivity contribution in [3.63, 3.8) is 0 Å². The van der Waals surface area contributed by atoms with Gasteiger partial charge in [-0.3, -0.25) is 79.2 Å². The van der Waals surface area contributed by atoms with E-state index in [9.17, 15) is 78.8 Å². The van der Waals surface area contributed by atoms with E-state index in [0.717, 1.165) is 0 Å². The van der Waals surface area contributed by atoms with Gasteiger partial charge in [0.1, 0.15) is 152 Å². The second-order valence-corrected chi connectivity index (χ2v) is 47.8.